The van der Waals surface area contributed by atoms with Crippen LogP contribution in [0.5, 0.6) is 5.75 Å². The van der Waals surface area contributed by atoms with Crippen LogP contribution in [0.25, 0.3) is 5.57 Å². The molecule has 0 aliphatic heterocycles. The second kappa shape index (κ2) is 9.85. The molecular formula is C32H37NO3. The first-order chi connectivity index (χ1) is 17.0. The Morgan fingerprint density at radius 1 is 1.06 bits per heavy atom. The molecule has 3 aromatic carbocycles. The number of carbonyl (C=O) groups is 1. The number of ether oxygens (including phenoxy) is 1. The average molecular weight is 484 g/mol. The van der Waals surface area contributed by atoms with E-state index in [1.54, 1.807) is 12.1 Å². The van der Waals surface area contributed by atoms with E-state index >= 15 is 0 Å². The van der Waals surface area contributed by atoms with Crippen LogP contribution < -0.4 is 10.1 Å². The van der Waals surface area contributed by atoms with E-state index in [-0.39, 0.29) is 22.4 Å². The molecule has 0 bridgehead atoms. The fraction of sp³-hybridized carbons (Fsp3) is 0.344. The van der Waals surface area contributed by atoms with Crippen LogP contribution >= 0.6 is 0 Å². The lowest BCUT2D eigenvalue weighted by atomic mass is 9.67. The molecule has 0 heterocycles. The van der Waals surface area contributed by atoms with Gasteiger partial charge in [-0.1, -0.05) is 71.0 Å². The lowest BCUT2D eigenvalue weighted by Gasteiger charge is -2.38. The van der Waals surface area contributed by atoms with Crippen LogP contribution in [-0.2, 0) is 12.0 Å². The second-order valence-electron chi connectivity index (χ2n) is 11.4. The van der Waals surface area contributed by atoms with Gasteiger partial charge in [-0.3, -0.25) is 0 Å². The average Bonchev–Trinajstić information content (AvgIpc) is 2.82. The van der Waals surface area contributed by atoms with Crippen molar-refractivity contribution in [3.63, 3.8) is 0 Å². The molecule has 36 heavy (non-hydrogen) atoms. The van der Waals surface area contributed by atoms with Crippen LogP contribution in [0.2, 0.25) is 0 Å². The van der Waals surface area contributed by atoms with E-state index in [2.05, 4.69) is 77.2 Å². The van der Waals surface area contributed by atoms with Gasteiger partial charge in [0, 0.05) is 11.3 Å². The Morgan fingerprint density at radius 3 is 2.33 bits per heavy atom. The minimum Gasteiger partial charge on any atom is -0.489 e. The molecule has 0 spiro atoms. The zero-order chi connectivity index (χ0) is 26.1. The summed E-state index contributed by atoms with van der Waals surface area (Å²) in [5.41, 5.74) is 7.36. The highest BCUT2D eigenvalue weighted by atomic mass is 16.5. The molecule has 3 aromatic rings. The van der Waals surface area contributed by atoms with Gasteiger partial charge in [0.1, 0.15) is 12.4 Å². The highest BCUT2D eigenvalue weighted by Gasteiger charge is 2.34. The first-order valence-corrected chi connectivity index (χ1v) is 12.6. The van der Waals surface area contributed by atoms with Gasteiger partial charge in [-0.15, -0.1) is 0 Å². The molecule has 1 aliphatic carbocycles. The normalized spacial score (nSPS) is 15.4. The van der Waals surface area contributed by atoms with Crippen LogP contribution in [0.4, 0.5) is 5.69 Å². The number of fused-ring (bicyclic) bond motifs is 1. The van der Waals surface area contributed by atoms with E-state index in [0.717, 1.165) is 29.0 Å². The van der Waals surface area contributed by atoms with Crippen molar-refractivity contribution in [3.05, 3.63) is 101 Å². The van der Waals surface area contributed by atoms with Gasteiger partial charge >= 0.3 is 5.97 Å². The molecule has 4 nitrogen and oxygen atoms in total. The van der Waals surface area contributed by atoms with Crippen LogP contribution in [0.15, 0.2) is 72.8 Å². The summed E-state index contributed by atoms with van der Waals surface area (Å²) in [4.78, 5) is 11.2. The number of allylic oxidation sites excluding steroid dienone is 2. The molecule has 4 rings (SSSR count). The Kier molecular flexibility index (Phi) is 6.99. The molecule has 1 aliphatic rings. The smallest absolute Gasteiger partial charge is 0.335 e. The molecule has 0 fully saturated rings. The summed E-state index contributed by atoms with van der Waals surface area (Å²) in [7, 11) is 0. The first-order valence-electron chi connectivity index (χ1n) is 12.6. The van der Waals surface area contributed by atoms with Gasteiger partial charge < -0.3 is 15.2 Å². The van der Waals surface area contributed by atoms with Crippen molar-refractivity contribution in [2.24, 2.45) is 5.41 Å². The van der Waals surface area contributed by atoms with Crippen molar-refractivity contribution >= 4 is 17.2 Å². The molecule has 2 N–H and O–H groups in total. The maximum Gasteiger partial charge on any atom is 0.335 e. The molecule has 4 heteroatoms. The number of rotatable bonds is 7. The predicted octanol–water partition coefficient (Wildman–Crippen LogP) is 8.25. The van der Waals surface area contributed by atoms with Crippen LogP contribution in [-0.4, -0.2) is 11.1 Å². The number of hydrogen-bond acceptors (Lipinski definition) is 3. The zero-order valence-electron chi connectivity index (χ0n) is 22.2. The van der Waals surface area contributed by atoms with Gasteiger partial charge in [0.2, 0.25) is 0 Å². The summed E-state index contributed by atoms with van der Waals surface area (Å²) in [5, 5.41) is 12.8. The number of carboxylic acid groups (broad SMARTS) is 1. The largest absolute Gasteiger partial charge is 0.489 e. The van der Waals surface area contributed by atoms with Crippen molar-refractivity contribution in [1.29, 1.82) is 0 Å². The van der Waals surface area contributed by atoms with Gasteiger partial charge in [-0.05, 0) is 82.8 Å². The highest BCUT2D eigenvalue weighted by molar-refractivity contribution is 5.88. The Balaban J connectivity index is 1.75. The van der Waals surface area contributed by atoms with E-state index in [1.807, 2.05) is 30.3 Å². The van der Waals surface area contributed by atoms with Crippen molar-refractivity contribution in [3.8, 4) is 5.75 Å². The number of nitrogens with one attached hydrogen (secondary N) is 1. The Labute approximate surface area is 215 Å². The zero-order valence-corrected chi connectivity index (χ0v) is 22.2. The standard InChI is InChI=1S/C32H37NO3/c1-21(33-24-14-12-23(13-15-24)30(34)35)25-18-26-27(31(2,3)4)16-17-32(5,6)28(26)19-29(25)36-20-22-10-8-7-9-11-22/h7-16,18-19,21,33H,17,20H2,1-6H3,(H,34,35). The maximum atomic E-state index is 11.2. The SMILES string of the molecule is CC(Nc1ccc(C(=O)O)cc1)c1cc2c(cc1OCc1ccccc1)C(C)(C)CC=C2C(C)(C)C. The number of benzene rings is 3. The third-order valence-corrected chi connectivity index (χ3v) is 7.01. The van der Waals surface area contributed by atoms with Crippen molar-refractivity contribution < 1.29 is 14.6 Å². The summed E-state index contributed by atoms with van der Waals surface area (Å²) in [5.74, 6) is -0.0482. The second-order valence-corrected chi connectivity index (χ2v) is 11.4. The monoisotopic (exact) mass is 483 g/mol. The fourth-order valence-electron chi connectivity index (χ4n) is 4.90. The number of anilines is 1. The van der Waals surface area contributed by atoms with E-state index in [1.165, 1.54) is 16.7 Å². The van der Waals surface area contributed by atoms with Crippen LogP contribution in [0.3, 0.4) is 0 Å². The van der Waals surface area contributed by atoms with E-state index in [0.29, 0.717) is 6.61 Å². The molecule has 1 unspecified atom stereocenters. The van der Waals surface area contributed by atoms with Gasteiger partial charge in [-0.2, -0.15) is 0 Å². The summed E-state index contributed by atoms with van der Waals surface area (Å²) < 4.78 is 6.48. The van der Waals surface area contributed by atoms with Crippen molar-refractivity contribution in [1.82, 2.24) is 0 Å². The van der Waals surface area contributed by atoms with E-state index < -0.39 is 5.97 Å². The fourth-order valence-corrected chi connectivity index (χ4v) is 4.90. The number of carboxylic acids is 1. The number of hydrogen-bond donors (Lipinski definition) is 2. The minimum atomic E-state index is -0.926. The summed E-state index contributed by atoms with van der Waals surface area (Å²) >= 11 is 0. The van der Waals surface area contributed by atoms with Crippen molar-refractivity contribution in [2.75, 3.05) is 5.32 Å². The predicted molar refractivity (Wildman–Crippen MR) is 148 cm³/mol. The molecule has 0 saturated heterocycles. The topological polar surface area (TPSA) is 58.6 Å². The number of aromatic carboxylic acids is 1. The van der Waals surface area contributed by atoms with Gasteiger partial charge in [-0.25, -0.2) is 4.79 Å². The Bertz CT molecular complexity index is 1270. The van der Waals surface area contributed by atoms with Gasteiger partial charge in [0.05, 0.1) is 11.6 Å². The third kappa shape index (κ3) is 5.48. The Hall–Kier alpha value is -3.53. The van der Waals surface area contributed by atoms with Crippen LogP contribution in [0, 0.1) is 5.41 Å². The maximum absolute atomic E-state index is 11.2. The van der Waals surface area contributed by atoms with E-state index in [4.69, 9.17) is 4.74 Å². The first kappa shape index (κ1) is 25.6. The molecule has 0 saturated carbocycles. The summed E-state index contributed by atoms with van der Waals surface area (Å²) in [6, 6.07) is 21.6. The summed E-state index contributed by atoms with van der Waals surface area (Å²) in [6.07, 6.45) is 3.40. The lowest BCUT2D eigenvalue weighted by molar-refractivity contribution is 0.0697. The van der Waals surface area contributed by atoms with Crippen LogP contribution in [0.1, 0.15) is 86.6 Å². The molecule has 0 aromatic heterocycles. The molecular weight excluding hydrogens is 446 g/mol. The third-order valence-electron chi connectivity index (χ3n) is 7.01. The Morgan fingerprint density at radius 2 is 1.72 bits per heavy atom. The minimum absolute atomic E-state index is 0.0107. The van der Waals surface area contributed by atoms with Gasteiger partial charge in [0.25, 0.3) is 0 Å². The quantitative estimate of drug-likeness (QED) is 0.355. The summed E-state index contributed by atoms with van der Waals surface area (Å²) in [6.45, 7) is 14.0. The molecule has 188 valence electrons. The highest BCUT2D eigenvalue weighted by Crippen LogP contribution is 2.48. The van der Waals surface area contributed by atoms with Gasteiger partial charge in [0.15, 0.2) is 0 Å². The molecule has 0 amide bonds. The molecule has 1 atom stereocenters. The molecule has 0 radical (unpaired) electrons. The lowest BCUT2D eigenvalue weighted by Crippen LogP contribution is -2.26. The van der Waals surface area contributed by atoms with Crippen molar-refractivity contribution in [2.45, 2.75) is 66.0 Å². The van der Waals surface area contributed by atoms with E-state index in [9.17, 15) is 9.90 Å².